The number of hydrogen-bond donors (Lipinski definition) is 1. The van der Waals surface area contributed by atoms with Crippen molar-refractivity contribution in [3.8, 4) is 0 Å². The summed E-state index contributed by atoms with van der Waals surface area (Å²) < 4.78 is 18.4. The van der Waals surface area contributed by atoms with Gasteiger partial charge in [0.25, 0.3) is 0 Å². The summed E-state index contributed by atoms with van der Waals surface area (Å²) in [6, 6.07) is 6.47. The molecule has 0 unspecified atom stereocenters. The van der Waals surface area contributed by atoms with E-state index in [1.807, 2.05) is 0 Å². The Bertz CT molecular complexity index is 359. The zero-order valence-corrected chi connectivity index (χ0v) is 11.0. The normalized spacial score (nSPS) is 25.1. The molecule has 0 spiro atoms. The van der Waals surface area contributed by atoms with Crippen LogP contribution in [0.5, 0.6) is 0 Å². The number of nitrogens with one attached hydrogen (secondary N) is 1. The van der Waals surface area contributed by atoms with E-state index in [9.17, 15) is 4.39 Å². The third-order valence-electron chi connectivity index (χ3n) is 3.10. The van der Waals surface area contributed by atoms with Crippen molar-refractivity contribution in [2.75, 3.05) is 31.5 Å². The van der Waals surface area contributed by atoms with Crippen LogP contribution in [-0.4, -0.2) is 43.3 Å². The van der Waals surface area contributed by atoms with Crippen molar-refractivity contribution in [3.05, 3.63) is 30.1 Å². The van der Waals surface area contributed by atoms with Gasteiger partial charge in [0.05, 0.1) is 12.2 Å². The molecule has 0 aromatic heterocycles. The number of halogens is 1. The lowest BCUT2D eigenvalue weighted by molar-refractivity contribution is -0.0667. The average Bonchev–Trinajstić information content (AvgIpc) is 2.30. The molecule has 1 heterocycles. The first-order valence-corrected chi connectivity index (χ1v) is 6.51. The summed E-state index contributed by atoms with van der Waals surface area (Å²) in [6.45, 7) is 8.03. The molecule has 100 valence electrons. The van der Waals surface area contributed by atoms with Crippen molar-refractivity contribution in [2.45, 2.75) is 26.1 Å². The molecule has 1 saturated heterocycles. The van der Waals surface area contributed by atoms with E-state index >= 15 is 0 Å². The summed E-state index contributed by atoms with van der Waals surface area (Å²) in [6.07, 6.45) is 0.610. The highest BCUT2D eigenvalue weighted by Gasteiger charge is 2.21. The molecule has 1 N–H and O–H groups in total. The molecule has 2 rings (SSSR count). The van der Waals surface area contributed by atoms with Crippen LogP contribution >= 0.6 is 0 Å². The lowest BCUT2D eigenvalue weighted by Gasteiger charge is -2.35. The SMILES string of the molecule is C[C@@H]1CN(CCNc2ccc(F)cc2)C[C@H](C)O1. The molecular weight excluding hydrogens is 231 g/mol. The minimum absolute atomic E-state index is 0.198. The predicted molar refractivity (Wildman–Crippen MR) is 71.3 cm³/mol. The Morgan fingerprint density at radius 3 is 2.44 bits per heavy atom. The zero-order chi connectivity index (χ0) is 13.0. The number of morpholine rings is 1. The summed E-state index contributed by atoms with van der Waals surface area (Å²) in [7, 11) is 0. The van der Waals surface area contributed by atoms with Crippen LogP contribution < -0.4 is 5.32 Å². The maximum absolute atomic E-state index is 12.7. The van der Waals surface area contributed by atoms with E-state index in [1.165, 1.54) is 12.1 Å². The standard InChI is InChI=1S/C14H21FN2O/c1-11-9-17(10-12(2)18-11)8-7-16-14-5-3-13(15)4-6-14/h3-6,11-12,16H,7-10H2,1-2H3/t11-,12+. The van der Waals surface area contributed by atoms with Gasteiger partial charge in [0, 0.05) is 31.9 Å². The number of benzene rings is 1. The van der Waals surface area contributed by atoms with E-state index in [-0.39, 0.29) is 5.82 Å². The van der Waals surface area contributed by atoms with Crippen molar-refractivity contribution in [2.24, 2.45) is 0 Å². The van der Waals surface area contributed by atoms with Gasteiger partial charge in [0.1, 0.15) is 5.82 Å². The number of rotatable bonds is 4. The minimum Gasteiger partial charge on any atom is -0.384 e. The van der Waals surface area contributed by atoms with Crippen LogP contribution in [0, 0.1) is 5.82 Å². The lowest BCUT2D eigenvalue weighted by Crippen LogP contribution is -2.46. The molecule has 1 aromatic rings. The summed E-state index contributed by atoms with van der Waals surface area (Å²) >= 11 is 0. The van der Waals surface area contributed by atoms with E-state index in [4.69, 9.17) is 4.74 Å². The van der Waals surface area contributed by atoms with Crippen molar-refractivity contribution in [1.29, 1.82) is 0 Å². The number of anilines is 1. The molecule has 1 aliphatic heterocycles. The van der Waals surface area contributed by atoms with Crippen molar-refractivity contribution in [3.63, 3.8) is 0 Å². The molecule has 1 fully saturated rings. The van der Waals surface area contributed by atoms with Gasteiger partial charge in [-0.15, -0.1) is 0 Å². The van der Waals surface area contributed by atoms with Gasteiger partial charge in [-0.05, 0) is 38.1 Å². The maximum Gasteiger partial charge on any atom is 0.123 e. The molecule has 4 heteroatoms. The highest BCUT2D eigenvalue weighted by atomic mass is 19.1. The monoisotopic (exact) mass is 252 g/mol. The maximum atomic E-state index is 12.7. The topological polar surface area (TPSA) is 24.5 Å². The molecular formula is C14H21FN2O. The van der Waals surface area contributed by atoms with E-state index in [0.29, 0.717) is 12.2 Å². The van der Waals surface area contributed by atoms with Crippen LogP contribution in [0.15, 0.2) is 24.3 Å². The smallest absolute Gasteiger partial charge is 0.123 e. The van der Waals surface area contributed by atoms with Crippen LogP contribution in [0.25, 0.3) is 0 Å². The van der Waals surface area contributed by atoms with E-state index in [2.05, 4.69) is 24.1 Å². The average molecular weight is 252 g/mol. The second-order valence-electron chi connectivity index (χ2n) is 4.95. The van der Waals surface area contributed by atoms with Gasteiger partial charge in [0.15, 0.2) is 0 Å². The molecule has 1 aromatic carbocycles. The molecule has 0 amide bonds. The first kappa shape index (κ1) is 13.3. The second-order valence-corrected chi connectivity index (χ2v) is 4.95. The summed E-state index contributed by atoms with van der Waals surface area (Å²) in [5.74, 6) is -0.198. The Hall–Kier alpha value is -1.13. The van der Waals surface area contributed by atoms with Crippen LogP contribution in [0.1, 0.15) is 13.8 Å². The van der Waals surface area contributed by atoms with Crippen molar-refractivity contribution >= 4 is 5.69 Å². The van der Waals surface area contributed by atoms with Gasteiger partial charge < -0.3 is 10.1 Å². The second kappa shape index (κ2) is 6.16. The van der Waals surface area contributed by atoms with E-state index < -0.39 is 0 Å². The van der Waals surface area contributed by atoms with Gasteiger partial charge in [0.2, 0.25) is 0 Å². The molecule has 0 aliphatic carbocycles. The van der Waals surface area contributed by atoms with Gasteiger partial charge in [-0.25, -0.2) is 4.39 Å². The molecule has 1 aliphatic rings. The fourth-order valence-corrected chi connectivity index (χ4v) is 2.39. The Morgan fingerprint density at radius 1 is 1.22 bits per heavy atom. The third-order valence-corrected chi connectivity index (χ3v) is 3.10. The van der Waals surface area contributed by atoms with E-state index in [0.717, 1.165) is 31.9 Å². The fourth-order valence-electron chi connectivity index (χ4n) is 2.39. The zero-order valence-electron chi connectivity index (χ0n) is 11.0. The first-order chi connectivity index (χ1) is 8.63. The number of nitrogens with zero attached hydrogens (tertiary/aromatic N) is 1. The first-order valence-electron chi connectivity index (χ1n) is 6.51. The molecule has 2 atom stereocenters. The minimum atomic E-state index is -0.198. The van der Waals surface area contributed by atoms with Gasteiger partial charge >= 0.3 is 0 Å². The molecule has 0 bridgehead atoms. The lowest BCUT2D eigenvalue weighted by atomic mass is 10.2. The summed E-state index contributed by atoms with van der Waals surface area (Å²) in [5, 5.41) is 3.30. The van der Waals surface area contributed by atoms with Gasteiger partial charge in [-0.2, -0.15) is 0 Å². The Balaban J connectivity index is 1.73. The molecule has 0 radical (unpaired) electrons. The predicted octanol–water partition coefficient (Wildman–Crippen LogP) is 2.35. The van der Waals surface area contributed by atoms with Gasteiger partial charge in [-0.1, -0.05) is 0 Å². The highest BCUT2D eigenvalue weighted by molar-refractivity contribution is 5.42. The molecule has 18 heavy (non-hydrogen) atoms. The van der Waals surface area contributed by atoms with Crippen LogP contribution in [0.2, 0.25) is 0 Å². The number of ether oxygens (including phenoxy) is 1. The summed E-state index contributed by atoms with van der Waals surface area (Å²) in [5.41, 5.74) is 0.964. The van der Waals surface area contributed by atoms with Crippen LogP contribution in [0.3, 0.4) is 0 Å². The van der Waals surface area contributed by atoms with Crippen LogP contribution in [0.4, 0.5) is 10.1 Å². The molecule has 3 nitrogen and oxygen atoms in total. The summed E-state index contributed by atoms with van der Waals surface area (Å²) in [4.78, 5) is 2.40. The Morgan fingerprint density at radius 2 is 1.83 bits per heavy atom. The highest BCUT2D eigenvalue weighted by Crippen LogP contribution is 2.11. The van der Waals surface area contributed by atoms with Crippen molar-refractivity contribution < 1.29 is 9.13 Å². The molecule has 0 saturated carbocycles. The quantitative estimate of drug-likeness (QED) is 0.890. The fraction of sp³-hybridized carbons (Fsp3) is 0.571. The Labute approximate surface area is 108 Å². The van der Waals surface area contributed by atoms with E-state index in [1.54, 1.807) is 12.1 Å². The third kappa shape index (κ3) is 3.96. The largest absolute Gasteiger partial charge is 0.384 e. The van der Waals surface area contributed by atoms with Gasteiger partial charge in [-0.3, -0.25) is 4.90 Å². The Kier molecular flexibility index (Phi) is 4.55. The van der Waals surface area contributed by atoms with Crippen molar-refractivity contribution in [1.82, 2.24) is 4.90 Å². The van der Waals surface area contributed by atoms with Crippen LogP contribution in [-0.2, 0) is 4.74 Å². The number of hydrogen-bond acceptors (Lipinski definition) is 3.